The lowest BCUT2D eigenvalue weighted by Gasteiger charge is -2.08. The fourth-order valence-corrected chi connectivity index (χ4v) is 2.40. The number of carbonyl (C=O) groups is 1. The number of aromatic carboxylic acids is 1. The molecule has 0 amide bonds. The molecule has 0 fully saturated rings. The summed E-state index contributed by atoms with van der Waals surface area (Å²) in [6.07, 6.45) is 0. The van der Waals surface area contributed by atoms with Crippen LogP contribution >= 0.6 is 0 Å². The van der Waals surface area contributed by atoms with Crippen LogP contribution in [0.1, 0.15) is 16.1 Å². The minimum absolute atomic E-state index is 0.273. The highest BCUT2D eigenvalue weighted by Gasteiger charge is 2.14. The molecule has 1 heterocycles. The van der Waals surface area contributed by atoms with E-state index in [2.05, 4.69) is 0 Å². The smallest absolute Gasteiger partial charge is 0.352 e. The molecule has 20 heavy (non-hydrogen) atoms. The number of benzene rings is 2. The Morgan fingerprint density at radius 1 is 1.10 bits per heavy atom. The lowest BCUT2D eigenvalue weighted by atomic mass is 10.2. The second-order valence-corrected chi connectivity index (χ2v) is 4.72. The van der Waals surface area contributed by atoms with Gasteiger partial charge in [-0.25, -0.2) is 4.79 Å². The third kappa shape index (κ3) is 2.12. The molecule has 0 spiro atoms. The lowest BCUT2D eigenvalue weighted by Crippen LogP contribution is -2.09. The molecule has 0 bridgehead atoms. The average molecular weight is 266 g/mol. The van der Waals surface area contributed by atoms with Gasteiger partial charge in [-0.1, -0.05) is 30.3 Å². The molecule has 0 radical (unpaired) electrons. The molecular weight excluding hydrogens is 252 g/mol. The molecule has 0 aliphatic rings. The highest BCUT2D eigenvalue weighted by Crippen LogP contribution is 2.23. The molecular formula is C16H14N2O2. The van der Waals surface area contributed by atoms with Crippen molar-refractivity contribution in [2.75, 3.05) is 5.73 Å². The normalized spacial score (nSPS) is 10.8. The molecule has 1 aromatic heterocycles. The maximum absolute atomic E-state index is 11.4. The van der Waals surface area contributed by atoms with Gasteiger partial charge in [0.15, 0.2) is 0 Å². The monoisotopic (exact) mass is 266 g/mol. The van der Waals surface area contributed by atoms with Crippen LogP contribution in [0.25, 0.3) is 10.9 Å². The fraction of sp³-hybridized carbons (Fsp3) is 0.0625. The number of nitrogens with two attached hydrogens (primary N) is 1. The van der Waals surface area contributed by atoms with Gasteiger partial charge >= 0.3 is 5.97 Å². The molecule has 0 aliphatic carbocycles. The number of fused-ring (bicyclic) bond motifs is 1. The van der Waals surface area contributed by atoms with Crippen molar-refractivity contribution in [2.45, 2.75) is 6.54 Å². The van der Waals surface area contributed by atoms with Crippen molar-refractivity contribution in [1.82, 2.24) is 4.57 Å². The Hall–Kier alpha value is -2.75. The summed E-state index contributed by atoms with van der Waals surface area (Å²) in [5, 5.41) is 10.2. The summed E-state index contributed by atoms with van der Waals surface area (Å²) in [6, 6.07) is 16.9. The minimum Gasteiger partial charge on any atom is -0.477 e. The standard InChI is InChI=1S/C16H14N2O2/c17-13-6-7-14-12(8-13)9-15(16(19)20)18(14)10-11-4-2-1-3-5-11/h1-9H,10,17H2,(H,19,20). The predicted molar refractivity (Wildman–Crippen MR) is 78.9 cm³/mol. The Morgan fingerprint density at radius 3 is 2.55 bits per heavy atom. The Kier molecular flexibility index (Phi) is 2.91. The van der Waals surface area contributed by atoms with E-state index in [1.807, 2.05) is 36.4 Å². The highest BCUT2D eigenvalue weighted by atomic mass is 16.4. The van der Waals surface area contributed by atoms with Gasteiger partial charge in [-0.3, -0.25) is 0 Å². The van der Waals surface area contributed by atoms with Crippen molar-refractivity contribution in [3.05, 3.63) is 65.9 Å². The van der Waals surface area contributed by atoms with Crippen LogP contribution in [0.2, 0.25) is 0 Å². The van der Waals surface area contributed by atoms with Crippen molar-refractivity contribution in [3.63, 3.8) is 0 Å². The summed E-state index contributed by atoms with van der Waals surface area (Å²) in [5.41, 5.74) is 8.59. The van der Waals surface area contributed by atoms with Gasteiger partial charge in [-0.05, 0) is 29.8 Å². The van der Waals surface area contributed by atoms with Crippen LogP contribution in [-0.2, 0) is 6.54 Å². The molecule has 2 aromatic carbocycles. The fourth-order valence-electron chi connectivity index (χ4n) is 2.40. The van der Waals surface area contributed by atoms with Gasteiger partial charge in [0, 0.05) is 23.1 Å². The minimum atomic E-state index is -0.935. The van der Waals surface area contributed by atoms with Gasteiger partial charge in [-0.15, -0.1) is 0 Å². The van der Waals surface area contributed by atoms with Crippen molar-refractivity contribution in [2.24, 2.45) is 0 Å². The molecule has 0 saturated heterocycles. The van der Waals surface area contributed by atoms with E-state index in [1.54, 1.807) is 22.8 Å². The topological polar surface area (TPSA) is 68.2 Å². The number of anilines is 1. The third-order valence-electron chi connectivity index (χ3n) is 3.33. The van der Waals surface area contributed by atoms with Crippen molar-refractivity contribution >= 4 is 22.6 Å². The molecule has 3 rings (SSSR count). The first kappa shape index (κ1) is 12.3. The van der Waals surface area contributed by atoms with E-state index in [1.165, 1.54) is 0 Å². The van der Waals surface area contributed by atoms with Gasteiger partial charge in [0.1, 0.15) is 5.69 Å². The van der Waals surface area contributed by atoms with Gasteiger partial charge < -0.3 is 15.4 Å². The molecule has 3 N–H and O–H groups in total. The molecule has 0 saturated carbocycles. The van der Waals surface area contributed by atoms with E-state index in [4.69, 9.17) is 5.73 Å². The van der Waals surface area contributed by atoms with Crippen molar-refractivity contribution in [3.8, 4) is 0 Å². The number of aromatic nitrogens is 1. The summed E-state index contributed by atoms with van der Waals surface area (Å²) in [6.45, 7) is 0.524. The summed E-state index contributed by atoms with van der Waals surface area (Å²) in [7, 11) is 0. The molecule has 100 valence electrons. The molecule has 0 atom stereocenters. The average Bonchev–Trinajstić information content (AvgIpc) is 2.78. The van der Waals surface area contributed by atoms with Gasteiger partial charge in [-0.2, -0.15) is 0 Å². The Balaban J connectivity index is 2.16. The zero-order valence-corrected chi connectivity index (χ0v) is 10.8. The maximum Gasteiger partial charge on any atom is 0.352 e. The second-order valence-electron chi connectivity index (χ2n) is 4.72. The molecule has 3 aromatic rings. The second kappa shape index (κ2) is 4.74. The van der Waals surface area contributed by atoms with Gasteiger partial charge in [0.2, 0.25) is 0 Å². The van der Waals surface area contributed by atoms with Crippen molar-refractivity contribution < 1.29 is 9.90 Å². The summed E-state index contributed by atoms with van der Waals surface area (Å²) in [5.74, 6) is -0.935. The van der Waals surface area contributed by atoms with E-state index in [0.29, 0.717) is 12.2 Å². The Morgan fingerprint density at radius 2 is 1.85 bits per heavy atom. The predicted octanol–water partition coefficient (Wildman–Crippen LogP) is 2.97. The van der Waals surface area contributed by atoms with Crippen molar-refractivity contribution in [1.29, 1.82) is 0 Å². The number of carboxylic acid groups (broad SMARTS) is 1. The van der Waals surface area contributed by atoms with Crippen LogP contribution in [0.15, 0.2) is 54.6 Å². The van der Waals surface area contributed by atoms with E-state index in [-0.39, 0.29) is 5.69 Å². The summed E-state index contributed by atoms with van der Waals surface area (Å²) >= 11 is 0. The van der Waals surface area contributed by atoms with E-state index < -0.39 is 5.97 Å². The van der Waals surface area contributed by atoms with E-state index in [9.17, 15) is 9.90 Å². The van der Waals surface area contributed by atoms with E-state index >= 15 is 0 Å². The largest absolute Gasteiger partial charge is 0.477 e. The SMILES string of the molecule is Nc1ccc2c(c1)cc(C(=O)O)n2Cc1ccccc1. The first-order valence-electron chi connectivity index (χ1n) is 6.31. The number of hydrogen-bond donors (Lipinski definition) is 2. The molecule has 4 nitrogen and oxygen atoms in total. The third-order valence-corrected chi connectivity index (χ3v) is 3.33. The molecule has 4 heteroatoms. The van der Waals surface area contributed by atoms with Crippen LogP contribution in [0.3, 0.4) is 0 Å². The Bertz CT molecular complexity index is 776. The van der Waals surface area contributed by atoms with Gasteiger partial charge in [0.25, 0.3) is 0 Å². The summed E-state index contributed by atoms with van der Waals surface area (Å²) in [4.78, 5) is 11.4. The molecule has 0 unspecified atom stereocenters. The van der Waals surface area contributed by atoms with Crippen LogP contribution < -0.4 is 5.73 Å². The number of rotatable bonds is 3. The molecule has 0 aliphatic heterocycles. The first-order valence-corrected chi connectivity index (χ1v) is 6.31. The first-order chi connectivity index (χ1) is 9.65. The number of nitrogen functional groups attached to an aromatic ring is 1. The quantitative estimate of drug-likeness (QED) is 0.716. The van der Waals surface area contributed by atoms with Crippen LogP contribution in [0, 0.1) is 0 Å². The van der Waals surface area contributed by atoms with Crippen LogP contribution in [-0.4, -0.2) is 15.6 Å². The Labute approximate surface area is 116 Å². The highest BCUT2D eigenvalue weighted by molar-refractivity contribution is 5.95. The number of hydrogen-bond acceptors (Lipinski definition) is 2. The zero-order valence-electron chi connectivity index (χ0n) is 10.8. The maximum atomic E-state index is 11.4. The van der Waals surface area contributed by atoms with Crippen LogP contribution in [0.5, 0.6) is 0 Å². The van der Waals surface area contributed by atoms with Crippen LogP contribution in [0.4, 0.5) is 5.69 Å². The zero-order chi connectivity index (χ0) is 14.1. The number of nitrogens with zero attached hydrogens (tertiary/aromatic N) is 1. The van der Waals surface area contributed by atoms with Gasteiger partial charge in [0.05, 0.1) is 0 Å². The number of carboxylic acids is 1. The van der Waals surface area contributed by atoms with E-state index in [0.717, 1.165) is 16.5 Å². The lowest BCUT2D eigenvalue weighted by molar-refractivity contribution is 0.0686. The summed E-state index contributed by atoms with van der Waals surface area (Å²) < 4.78 is 1.80.